The second-order valence-electron chi connectivity index (χ2n) is 3.59. The number of aromatic nitrogens is 1. The highest BCUT2D eigenvalue weighted by Crippen LogP contribution is 2.13. The number of carbonyl (C=O) groups is 1. The van der Waals surface area contributed by atoms with E-state index in [0.717, 1.165) is 9.48 Å². The highest BCUT2D eigenvalue weighted by molar-refractivity contribution is 9.10. The minimum absolute atomic E-state index is 0.00713. The summed E-state index contributed by atoms with van der Waals surface area (Å²) in [5.74, 6) is 0.00713. The van der Waals surface area contributed by atoms with Crippen molar-refractivity contribution in [3.05, 3.63) is 50.9 Å². The number of nitrogens with zero attached hydrogens (tertiary/aromatic N) is 2. The number of carbonyl (C=O) groups excluding carboxylic acids is 1. The zero-order valence-electron chi connectivity index (χ0n) is 9.26. The molecule has 0 spiro atoms. The van der Waals surface area contributed by atoms with Gasteiger partial charge in [-0.2, -0.15) is 0 Å². The molecule has 88 valence electrons. The average Bonchev–Trinajstić information content (AvgIpc) is 2.82. The Morgan fingerprint density at radius 2 is 2.12 bits per heavy atom. The molecule has 0 atom stereocenters. The fourth-order valence-electron chi connectivity index (χ4n) is 1.42. The fraction of sp³-hybridized carbons (Fsp3) is 0.167. The summed E-state index contributed by atoms with van der Waals surface area (Å²) in [6.07, 6.45) is 1.75. The van der Waals surface area contributed by atoms with Gasteiger partial charge in [-0.05, 0) is 24.3 Å². The van der Waals surface area contributed by atoms with Crippen molar-refractivity contribution in [2.75, 3.05) is 7.05 Å². The Morgan fingerprint density at radius 1 is 1.41 bits per heavy atom. The summed E-state index contributed by atoms with van der Waals surface area (Å²) in [6.45, 7) is 0.548. The van der Waals surface area contributed by atoms with Crippen LogP contribution >= 0.6 is 27.3 Å². The summed E-state index contributed by atoms with van der Waals surface area (Å²) in [7, 11) is 1.78. The van der Waals surface area contributed by atoms with Crippen LogP contribution in [0.5, 0.6) is 0 Å². The predicted octanol–water partition coefficient (Wildman–Crippen LogP) is 3.18. The third-order valence-electron chi connectivity index (χ3n) is 2.29. The molecule has 2 rings (SSSR count). The molecule has 17 heavy (non-hydrogen) atoms. The van der Waals surface area contributed by atoms with E-state index in [2.05, 4.69) is 20.9 Å². The van der Waals surface area contributed by atoms with E-state index in [-0.39, 0.29) is 5.91 Å². The monoisotopic (exact) mass is 310 g/mol. The number of thiazole rings is 1. The van der Waals surface area contributed by atoms with Crippen molar-refractivity contribution in [2.24, 2.45) is 0 Å². The normalized spacial score (nSPS) is 10.2. The Bertz CT molecular complexity index is 496. The molecule has 0 fully saturated rings. The number of hydrogen-bond donors (Lipinski definition) is 0. The number of benzene rings is 1. The Labute approximate surface area is 112 Å². The number of halogens is 1. The molecule has 0 N–H and O–H groups in total. The van der Waals surface area contributed by atoms with Crippen molar-refractivity contribution < 1.29 is 4.79 Å². The van der Waals surface area contributed by atoms with Gasteiger partial charge in [0.1, 0.15) is 5.01 Å². The first-order valence-corrected chi connectivity index (χ1v) is 6.73. The number of amides is 1. The van der Waals surface area contributed by atoms with Crippen LogP contribution in [0, 0.1) is 0 Å². The van der Waals surface area contributed by atoms with Crippen LogP contribution < -0.4 is 0 Å². The lowest BCUT2D eigenvalue weighted by Gasteiger charge is -2.15. The Morgan fingerprint density at radius 3 is 2.71 bits per heavy atom. The van der Waals surface area contributed by atoms with Gasteiger partial charge in [0.25, 0.3) is 5.91 Å². The average molecular weight is 311 g/mol. The molecule has 0 bridgehead atoms. The maximum atomic E-state index is 12.1. The molecule has 0 saturated carbocycles. The maximum Gasteiger partial charge on any atom is 0.253 e. The van der Waals surface area contributed by atoms with Gasteiger partial charge in [0.2, 0.25) is 0 Å². The van der Waals surface area contributed by atoms with E-state index in [4.69, 9.17) is 0 Å². The smallest absolute Gasteiger partial charge is 0.253 e. The lowest BCUT2D eigenvalue weighted by molar-refractivity contribution is 0.0785. The van der Waals surface area contributed by atoms with Crippen molar-refractivity contribution in [3.63, 3.8) is 0 Å². The summed E-state index contributed by atoms with van der Waals surface area (Å²) in [5.41, 5.74) is 0.687. The quantitative estimate of drug-likeness (QED) is 0.872. The minimum Gasteiger partial charge on any atom is -0.335 e. The summed E-state index contributed by atoms with van der Waals surface area (Å²) in [4.78, 5) is 17.9. The molecule has 5 heteroatoms. The molecule has 1 aromatic heterocycles. The summed E-state index contributed by atoms with van der Waals surface area (Å²) in [6, 6.07) is 7.35. The first kappa shape index (κ1) is 12.3. The van der Waals surface area contributed by atoms with Gasteiger partial charge in [-0.15, -0.1) is 11.3 Å². The first-order valence-electron chi connectivity index (χ1n) is 5.06. The fourth-order valence-corrected chi connectivity index (χ4v) is 2.35. The largest absolute Gasteiger partial charge is 0.335 e. The molecule has 0 aliphatic heterocycles. The van der Waals surface area contributed by atoms with Gasteiger partial charge in [0, 0.05) is 28.7 Å². The summed E-state index contributed by atoms with van der Waals surface area (Å²) >= 11 is 4.90. The van der Waals surface area contributed by atoms with Crippen LogP contribution in [-0.2, 0) is 6.54 Å². The lowest BCUT2D eigenvalue weighted by atomic mass is 10.2. The minimum atomic E-state index is 0.00713. The summed E-state index contributed by atoms with van der Waals surface area (Å²) in [5, 5.41) is 2.85. The molecule has 1 amide bonds. The molecule has 0 radical (unpaired) electrons. The first-order chi connectivity index (χ1) is 8.16. The van der Waals surface area contributed by atoms with Gasteiger partial charge in [-0.25, -0.2) is 4.98 Å². The van der Waals surface area contributed by atoms with E-state index in [1.54, 1.807) is 29.5 Å². The van der Waals surface area contributed by atoms with E-state index >= 15 is 0 Å². The molecular formula is C12H11BrN2OS. The Kier molecular flexibility index (Phi) is 3.91. The van der Waals surface area contributed by atoms with E-state index in [9.17, 15) is 4.79 Å². The predicted molar refractivity (Wildman–Crippen MR) is 72.1 cm³/mol. The van der Waals surface area contributed by atoms with E-state index in [1.165, 1.54) is 0 Å². The Hall–Kier alpha value is -1.20. The number of rotatable bonds is 3. The van der Waals surface area contributed by atoms with Crippen molar-refractivity contribution in [2.45, 2.75) is 6.54 Å². The van der Waals surface area contributed by atoms with E-state index < -0.39 is 0 Å². The molecular weight excluding hydrogens is 300 g/mol. The van der Waals surface area contributed by atoms with Crippen molar-refractivity contribution in [1.29, 1.82) is 0 Å². The van der Waals surface area contributed by atoms with Crippen LogP contribution in [0.1, 0.15) is 15.4 Å². The van der Waals surface area contributed by atoms with Crippen LogP contribution in [0.25, 0.3) is 0 Å². The molecule has 2 aromatic rings. The Balaban J connectivity index is 2.07. The number of hydrogen-bond acceptors (Lipinski definition) is 3. The molecule has 0 saturated heterocycles. The molecule has 0 aliphatic rings. The van der Waals surface area contributed by atoms with Gasteiger partial charge >= 0.3 is 0 Å². The van der Waals surface area contributed by atoms with Gasteiger partial charge < -0.3 is 4.90 Å². The molecule has 1 aromatic carbocycles. The highest BCUT2D eigenvalue weighted by atomic mass is 79.9. The highest BCUT2D eigenvalue weighted by Gasteiger charge is 2.12. The van der Waals surface area contributed by atoms with E-state index in [1.807, 2.05) is 29.6 Å². The third kappa shape index (κ3) is 3.14. The maximum absolute atomic E-state index is 12.1. The van der Waals surface area contributed by atoms with Crippen LogP contribution in [-0.4, -0.2) is 22.8 Å². The van der Waals surface area contributed by atoms with Gasteiger partial charge in [-0.3, -0.25) is 4.79 Å². The van der Waals surface area contributed by atoms with Crippen molar-refractivity contribution in [1.82, 2.24) is 9.88 Å². The zero-order valence-corrected chi connectivity index (χ0v) is 11.7. The molecule has 0 aliphatic carbocycles. The third-order valence-corrected chi connectivity index (χ3v) is 3.59. The van der Waals surface area contributed by atoms with Crippen LogP contribution in [0.3, 0.4) is 0 Å². The summed E-state index contributed by atoms with van der Waals surface area (Å²) < 4.78 is 0.969. The van der Waals surface area contributed by atoms with Crippen molar-refractivity contribution >= 4 is 33.2 Å². The molecule has 1 heterocycles. The van der Waals surface area contributed by atoms with Gasteiger partial charge in [0.15, 0.2) is 0 Å². The van der Waals surface area contributed by atoms with Crippen molar-refractivity contribution in [3.8, 4) is 0 Å². The lowest BCUT2D eigenvalue weighted by Crippen LogP contribution is -2.26. The van der Waals surface area contributed by atoms with E-state index in [0.29, 0.717) is 12.1 Å². The SMILES string of the molecule is CN(Cc1nccs1)C(=O)c1ccc(Br)cc1. The topological polar surface area (TPSA) is 33.2 Å². The second-order valence-corrected chi connectivity index (χ2v) is 5.49. The second kappa shape index (κ2) is 5.42. The standard InChI is InChI=1S/C12H11BrN2OS/c1-15(8-11-14-6-7-17-11)12(16)9-2-4-10(13)5-3-9/h2-7H,8H2,1H3. The molecule has 3 nitrogen and oxygen atoms in total. The molecule has 0 unspecified atom stereocenters. The van der Waals surface area contributed by atoms with Crippen LogP contribution in [0.15, 0.2) is 40.3 Å². The van der Waals surface area contributed by atoms with Gasteiger partial charge in [0.05, 0.1) is 6.54 Å². The van der Waals surface area contributed by atoms with Crippen LogP contribution in [0.4, 0.5) is 0 Å². The zero-order chi connectivity index (χ0) is 12.3. The van der Waals surface area contributed by atoms with Crippen LogP contribution in [0.2, 0.25) is 0 Å². The van der Waals surface area contributed by atoms with Gasteiger partial charge in [-0.1, -0.05) is 15.9 Å².